The van der Waals surface area contributed by atoms with Gasteiger partial charge in [0.25, 0.3) is 0 Å². The van der Waals surface area contributed by atoms with E-state index < -0.39 is 17.9 Å². The van der Waals surface area contributed by atoms with Crippen LogP contribution in [0.15, 0.2) is 121 Å². The van der Waals surface area contributed by atoms with Crippen molar-refractivity contribution < 1.29 is 81.8 Å². The fraction of sp³-hybridized carbons (Fsp3) is 0.476. The summed E-state index contributed by atoms with van der Waals surface area (Å²) in [6.07, 6.45) is 8.70. The molecule has 80 heavy (non-hydrogen) atoms. The Bertz CT molecular complexity index is 2410. The number of unbranched alkanes of at least 4 members (excludes halogenated alkanes) is 3. The monoisotopic (exact) mass is 1110 g/mol. The summed E-state index contributed by atoms with van der Waals surface area (Å²) in [5.41, 5.74) is 1.74. The van der Waals surface area contributed by atoms with Gasteiger partial charge in [0, 0.05) is 36.1 Å². The maximum Gasteiger partial charge on any atom is 0.343 e. The standard InChI is InChI=1S/C40H50O10.C17H24O5.C6H6O2/c1-3-39(27-45-28-39)25-43-21-5-7-23-47-33-13-9-31(10-14-33)37(41)49-35-17-19-36(20-18-35)50-38(42)32-11-15-34(16-12-32)48-24-8-6-22-44-26-40(4-2)29-46-30-40;1-2-17(12-21-13-17)11-20-9-3-4-10-22-15-7-5-14(6-8-15)16(18)19;7-5-1-2-6(8)4-3-5/h9-20H,3-8,21-30H2,1-2H3;5-8H,2-4,9-13H2,1H3,(H,18,19);1-4,7-8H. The molecule has 0 bridgehead atoms. The third kappa shape index (κ3) is 21.1. The van der Waals surface area contributed by atoms with E-state index in [0.29, 0.717) is 72.9 Å². The maximum atomic E-state index is 12.7. The fourth-order valence-electron chi connectivity index (χ4n) is 8.12. The topological polar surface area (TPSA) is 213 Å². The second-order valence-corrected chi connectivity index (χ2v) is 20.5. The van der Waals surface area contributed by atoms with Crippen LogP contribution < -0.4 is 23.7 Å². The minimum atomic E-state index is -0.926. The highest BCUT2D eigenvalue weighted by Crippen LogP contribution is 2.33. The predicted molar refractivity (Wildman–Crippen MR) is 300 cm³/mol. The van der Waals surface area contributed by atoms with Crippen molar-refractivity contribution in [3.63, 3.8) is 0 Å². The van der Waals surface area contributed by atoms with Crippen molar-refractivity contribution in [2.45, 2.75) is 78.6 Å². The summed E-state index contributed by atoms with van der Waals surface area (Å²) in [5.74, 6) is 1.14. The van der Waals surface area contributed by atoms with E-state index in [9.17, 15) is 14.4 Å². The van der Waals surface area contributed by atoms with Gasteiger partial charge < -0.3 is 67.4 Å². The molecular formula is C63H80O17. The number of aromatic hydroxyl groups is 2. The first kappa shape index (κ1) is 62.5. The van der Waals surface area contributed by atoms with Crippen LogP contribution in [0.1, 0.15) is 110 Å². The van der Waals surface area contributed by atoms with E-state index >= 15 is 0 Å². The van der Waals surface area contributed by atoms with Crippen molar-refractivity contribution >= 4 is 17.9 Å². The number of ether oxygens (including phenoxy) is 11. The third-order valence-corrected chi connectivity index (χ3v) is 14.2. The number of carbonyl (C=O) groups excluding carboxylic acids is 2. The second kappa shape index (κ2) is 33.1. The molecule has 434 valence electrons. The Kier molecular flexibility index (Phi) is 25.9. The molecule has 8 rings (SSSR count). The molecule has 0 aromatic heterocycles. The molecule has 3 heterocycles. The highest BCUT2D eigenvalue weighted by atomic mass is 16.5. The van der Waals surface area contributed by atoms with Crippen LogP contribution in [0.3, 0.4) is 0 Å². The molecule has 17 heteroatoms. The van der Waals surface area contributed by atoms with Crippen LogP contribution in [0, 0.1) is 16.2 Å². The normalized spacial score (nSPS) is 15.1. The lowest BCUT2D eigenvalue weighted by molar-refractivity contribution is -0.150. The number of esters is 2. The number of carbonyl (C=O) groups is 3. The lowest BCUT2D eigenvalue weighted by Gasteiger charge is -2.40. The molecule has 0 saturated carbocycles. The first-order chi connectivity index (χ1) is 38.9. The van der Waals surface area contributed by atoms with Gasteiger partial charge in [-0.1, -0.05) is 20.8 Å². The van der Waals surface area contributed by atoms with E-state index in [1.807, 2.05) is 0 Å². The molecule has 0 amide bonds. The lowest BCUT2D eigenvalue weighted by Crippen LogP contribution is -2.45. The van der Waals surface area contributed by atoms with E-state index in [-0.39, 0.29) is 33.3 Å². The Morgan fingerprint density at radius 2 is 0.650 bits per heavy atom. The van der Waals surface area contributed by atoms with E-state index in [2.05, 4.69) is 20.8 Å². The van der Waals surface area contributed by atoms with Crippen molar-refractivity contribution in [1.29, 1.82) is 0 Å². The summed E-state index contributed by atoms with van der Waals surface area (Å²) in [6.45, 7) is 17.5. The van der Waals surface area contributed by atoms with Crippen LogP contribution in [0.2, 0.25) is 0 Å². The number of benzene rings is 5. The van der Waals surface area contributed by atoms with Crippen LogP contribution in [0.5, 0.6) is 40.2 Å². The quantitative estimate of drug-likeness (QED) is 0.0158. The second-order valence-electron chi connectivity index (χ2n) is 20.5. The van der Waals surface area contributed by atoms with Gasteiger partial charge in [0.1, 0.15) is 40.2 Å². The summed E-state index contributed by atoms with van der Waals surface area (Å²) in [4.78, 5) is 36.1. The molecule has 0 atom stereocenters. The first-order valence-electron chi connectivity index (χ1n) is 27.8. The highest BCUT2D eigenvalue weighted by Gasteiger charge is 2.38. The van der Waals surface area contributed by atoms with Crippen LogP contribution in [0.25, 0.3) is 0 Å². The Hall–Kier alpha value is -6.73. The lowest BCUT2D eigenvalue weighted by atomic mass is 9.84. The van der Waals surface area contributed by atoms with Crippen LogP contribution in [-0.2, 0) is 28.4 Å². The average molecular weight is 1110 g/mol. The average Bonchev–Trinajstić information content (AvgIpc) is 3.45. The molecule has 0 unspecified atom stereocenters. The SMILES string of the molecule is CCC1(COCCCCOc2ccc(C(=O)O)cc2)COC1.CCC1(COCCCCOc2ccc(C(=O)Oc3ccc(OC(=O)c4ccc(OCCCCOCC5(CC)COC5)cc4)cc3)cc2)COC1.Oc1ccc(O)cc1. The number of phenolic OH excluding ortho intramolecular Hbond substituents is 2. The number of aromatic carboxylic acids is 1. The third-order valence-electron chi connectivity index (χ3n) is 14.2. The summed E-state index contributed by atoms with van der Waals surface area (Å²) in [7, 11) is 0. The zero-order chi connectivity index (χ0) is 56.9. The van der Waals surface area contributed by atoms with Gasteiger partial charge in [0.05, 0.1) is 96.0 Å². The zero-order valence-corrected chi connectivity index (χ0v) is 46.6. The van der Waals surface area contributed by atoms with E-state index in [1.54, 1.807) is 97.1 Å². The van der Waals surface area contributed by atoms with Crippen molar-refractivity contribution in [3.05, 3.63) is 138 Å². The molecule has 3 aliphatic rings. The molecule has 3 saturated heterocycles. The smallest absolute Gasteiger partial charge is 0.343 e. The van der Waals surface area contributed by atoms with Crippen LogP contribution in [0.4, 0.5) is 0 Å². The molecule has 0 spiro atoms. The molecule has 5 aromatic carbocycles. The molecule has 3 N–H and O–H groups in total. The summed E-state index contributed by atoms with van der Waals surface area (Å²) >= 11 is 0. The summed E-state index contributed by atoms with van der Waals surface area (Å²) in [5, 5.41) is 26.1. The molecule has 3 aliphatic heterocycles. The molecule has 5 aromatic rings. The number of rotatable bonds is 32. The van der Waals surface area contributed by atoms with Gasteiger partial charge >= 0.3 is 17.9 Å². The van der Waals surface area contributed by atoms with Crippen LogP contribution >= 0.6 is 0 Å². The van der Waals surface area contributed by atoms with E-state index in [4.69, 9.17) is 67.4 Å². The summed E-state index contributed by atoms with van der Waals surface area (Å²) < 4.78 is 61.5. The van der Waals surface area contributed by atoms with Gasteiger partial charge in [-0.25, -0.2) is 14.4 Å². The Labute approximate surface area is 470 Å². The molecule has 0 radical (unpaired) electrons. The van der Waals surface area contributed by atoms with Gasteiger partial charge in [-0.3, -0.25) is 0 Å². The van der Waals surface area contributed by atoms with Gasteiger partial charge in [0.2, 0.25) is 0 Å². The molecule has 17 nitrogen and oxygen atoms in total. The number of phenols is 2. The minimum absolute atomic E-state index is 0.169. The molecule has 0 aliphatic carbocycles. The van der Waals surface area contributed by atoms with Crippen molar-refractivity contribution in [3.8, 4) is 40.2 Å². The Morgan fingerprint density at radius 3 is 0.900 bits per heavy atom. The summed E-state index contributed by atoms with van der Waals surface area (Å²) in [6, 6.07) is 32.2. The first-order valence-corrected chi connectivity index (χ1v) is 27.8. The van der Waals surface area contributed by atoms with Gasteiger partial charge in [-0.2, -0.15) is 0 Å². The number of carboxylic acids is 1. The Morgan fingerprint density at radius 1 is 0.388 bits per heavy atom. The van der Waals surface area contributed by atoms with Gasteiger partial charge in [-0.05, 0) is 179 Å². The molecule has 3 fully saturated rings. The van der Waals surface area contributed by atoms with Crippen molar-refractivity contribution in [1.82, 2.24) is 0 Å². The predicted octanol–water partition coefficient (Wildman–Crippen LogP) is 11.4. The minimum Gasteiger partial charge on any atom is -0.508 e. The fourth-order valence-corrected chi connectivity index (χ4v) is 8.12. The number of hydrogen-bond acceptors (Lipinski definition) is 16. The largest absolute Gasteiger partial charge is 0.508 e. The number of hydrogen-bond donors (Lipinski definition) is 3. The van der Waals surface area contributed by atoms with Crippen molar-refractivity contribution in [2.75, 3.05) is 99.1 Å². The highest BCUT2D eigenvalue weighted by molar-refractivity contribution is 5.92. The van der Waals surface area contributed by atoms with E-state index in [0.717, 1.165) is 124 Å². The molecular weight excluding hydrogens is 1030 g/mol. The number of carboxylic acid groups (broad SMARTS) is 1. The van der Waals surface area contributed by atoms with Gasteiger partial charge in [-0.15, -0.1) is 0 Å². The Balaban J connectivity index is 0.000000280. The van der Waals surface area contributed by atoms with Crippen LogP contribution in [-0.4, -0.2) is 132 Å². The zero-order valence-electron chi connectivity index (χ0n) is 46.6. The maximum absolute atomic E-state index is 12.7. The van der Waals surface area contributed by atoms with Crippen molar-refractivity contribution in [2.24, 2.45) is 16.2 Å². The van der Waals surface area contributed by atoms with E-state index in [1.165, 1.54) is 24.3 Å². The van der Waals surface area contributed by atoms with Gasteiger partial charge in [0.15, 0.2) is 0 Å².